The Morgan fingerprint density at radius 3 is 2.64 bits per heavy atom. The van der Waals surface area contributed by atoms with E-state index in [1.807, 2.05) is 51.1 Å². The van der Waals surface area contributed by atoms with Crippen LogP contribution in [0.3, 0.4) is 0 Å². The number of nitrogens with zero attached hydrogens (tertiary/aromatic N) is 2. The Morgan fingerprint density at radius 1 is 1.27 bits per heavy atom. The van der Waals surface area contributed by atoms with Crippen LogP contribution in [0.1, 0.15) is 33.6 Å². The molecule has 0 radical (unpaired) electrons. The molecule has 3 N–H and O–H groups in total. The van der Waals surface area contributed by atoms with Gasteiger partial charge in [0, 0.05) is 36.8 Å². The van der Waals surface area contributed by atoms with Crippen molar-refractivity contribution >= 4 is 40.9 Å². The first-order chi connectivity index (χ1) is 15.8. The first-order valence-electron chi connectivity index (χ1n) is 11.0. The van der Waals surface area contributed by atoms with Crippen molar-refractivity contribution in [3.63, 3.8) is 0 Å². The third-order valence-electron chi connectivity index (χ3n) is 5.23. The number of thioether (sulfide) groups is 1. The summed E-state index contributed by atoms with van der Waals surface area (Å²) in [5.74, 6) is 0.918. The van der Waals surface area contributed by atoms with Gasteiger partial charge in [-0.25, -0.2) is 0 Å². The normalized spacial score (nSPS) is 18.4. The summed E-state index contributed by atoms with van der Waals surface area (Å²) < 4.78 is 0. The van der Waals surface area contributed by atoms with E-state index < -0.39 is 11.8 Å². The Kier molecular flexibility index (Phi) is 10.1. The zero-order chi connectivity index (χ0) is 24.4. The average Bonchev–Trinajstić information content (AvgIpc) is 3.09. The second kappa shape index (κ2) is 12.8. The smallest absolute Gasteiger partial charge is 0.238 e. The number of nitrogens with one attached hydrogen (secondary N) is 3. The number of benzene rings is 1. The summed E-state index contributed by atoms with van der Waals surface area (Å²) in [5, 5.41) is 17.6. The minimum Gasteiger partial charge on any atom is -0.385 e. The van der Waals surface area contributed by atoms with Crippen LogP contribution in [0.5, 0.6) is 0 Å². The number of hydrogen-bond acceptors (Lipinski definition) is 6. The van der Waals surface area contributed by atoms with Crippen LogP contribution in [0.4, 0.5) is 11.4 Å². The lowest BCUT2D eigenvalue weighted by molar-refractivity contribution is -0.131. The predicted molar refractivity (Wildman–Crippen MR) is 131 cm³/mol. The van der Waals surface area contributed by atoms with Gasteiger partial charge in [0.2, 0.25) is 17.7 Å². The average molecular weight is 470 g/mol. The van der Waals surface area contributed by atoms with Crippen LogP contribution in [0.25, 0.3) is 0 Å². The summed E-state index contributed by atoms with van der Waals surface area (Å²) in [5.41, 5.74) is 1.57. The molecule has 8 nitrogen and oxygen atoms in total. The van der Waals surface area contributed by atoms with Gasteiger partial charge in [0.25, 0.3) is 0 Å². The van der Waals surface area contributed by atoms with E-state index in [0.717, 1.165) is 5.69 Å². The van der Waals surface area contributed by atoms with Crippen molar-refractivity contribution in [3.05, 3.63) is 24.3 Å². The van der Waals surface area contributed by atoms with Gasteiger partial charge in [-0.05, 0) is 31.5 Å². The Hall–Kier alpha value is -3.17. The molecule has 2 rings (SSSR count). The highest BCUT2D eigenvalue weighted by Gasteiger charge is 2.40. The lowest BCUT2D eigenvalue weighted by atomic mass is 10.1. The molecular weight excluding hydrogens is 438 g/mol. The highest BCUT2D eigenvalue weighted by molar-refractivity contribution is 8.01. The summed E-state index contributed by atoms with van der Waals surface area (Å²) in [6.07, 6.45) is 6.02. The first kappa shape index (κ1) is 26.1. The molecule has 3 amide bonds. The molecule has 1 aromatic rings. The summed E-state index contributed by atoms with van der Waals surface area (Å²) >= 11 is 1.49. The number of anilines is 2. The van der Waals surface area contributed by atoms with Crippen molar-refractivity contribution in [2.45, 2.75) is 44.2 Å². The lowest BCUT2D eigenvalue weighted by Gasteiger charge is -2.23. The SMILES string of the molecule is C#CCNC(=O)C(C#N)CC1SC(CCNc2cccc(NC(=O)C(C)C)c2)C(=O)N1CC. The lowest BCUT2D eigenvalue weighted by Crippen LogP contribution is -2.38. The van der Waals surface area contributed by atoms with E-state index in [0.29, 0.717) is 25.2 Å². The molecule has 1 aliphatic heterocycles. The number of hydrogen-bond donors (Lipinski definition) is 3. The largest absolute Gasteiger partial charge is 0.385 e. The van der Waals surface area contributed by atoms with Crippen LogP contribution in [-0.2, 0) is 14.4 Å². The standard InChI is InChI=1S/C24H31N5O3S/c1-5-11-27-23(31)17(15-25)13-21-29(6-2)24(32)20(33-21)10-12-26-18-8-7-9-19(14-18)28-22(30)16(3)4/h1,7-9,14,16-17,20-21,26H,6,10-13H2,2-4H3,(H,27,31)(H,28,30). The van der Waals surface area contributed by atoms with E-state index in [1.54, 1.807) is 4.90 Å². The van der Waals surface area contributed by atoms with E-state index in [1.165, 1.54) is 11.8 Å². The van der Waals surface area contributed by atoms with Crippen molar-refractivity contribution in [1.29, 1.82) is 5.26 Å². The summed E-state index contributed by atoms with van der Waals surface area (Å²) in [7, 11) is 0. The molecule has 176 valence electrons. The van der Waals surface area contributed by atoms with Crippen molar-refractivity contribution in [2.24, 2.45) is 11.8 Å². The maximum atomic E-state index is 12.9. The molecular formula is C24H31N5O3S. The zero-order valence-electron chi connectivity index (χ0n) is 19.3. The number of nitriles is 1. The van der Waals surface area contributed by atoms with Crippen LogP contribution >= 0.6 is 11.8 Å². The van der Waals surface area contributed by atoms with Gasteiger partial charge >= 0.3 is 0 Å². The summed E-state index contributed by atoms with van der Waals surface area (Å²) in [6, 6.07) is 9.48. The van der Waals surface area contributed by atoms with Crippen molar-refractivity contribution in [2.75, 3.05) is 30.3 Å². The van der Waals surface area contributed by atoms with Gasteiger partial charge in [-0.15, -0.1) is 18.2 Å². The molecule has 3 unspecified atom stereocenters. The van der Waals surface area contributed by atoms with Gasteiger partial charge in [-0.1, -0.05) is 25.8 Å². The predicted octanol–water partition coefficient (Wildman–Crippen LogP) is 2.65. The number of carbonyl (C=O) groups excluding carboxylic acids is 3. The topological polar surface area (TPSA) is 114 Å². The molecule has 1 aromatic carbocycles. The van der Waals surface area contributed by atoms with Crippen LogP contribution in [-0.4, -0.2) is 52.9 Å². The molecule has 1 heterocycles. The second-order valence-electron chi connectivity index (χ2n) is 7.98. The number of rotatable bonds is 11. The Morgan fingerprint density at radius 2 is 2.00 bits per heavy atom. The number of carbonyl (C=O) groups is 3. The summed E-state index contributed by atoms with van der Waals surface area (Å²) in [6.45, 7) is 6.72. The van der Waals surface area contributed by atoms with Crippen LogP contribution in [0, 0.1) is 35.5 Å². The quantitative estimate of drug-likeness (QED) is 0.429. The molecule has 0 bridgehead atoms. The molecule has 1 fully saturated rings. The molecule has 9 heteroatoms. The van der Waals surface area contributed by atoms with Crippen LogP contribution in [0.2, 0.25) is 0 Å². The molecule has 0 spiro atoms. The van der Waals surface area contributed by atoms with Crippen molar-refractivity contribution in [1.82, 2.24) is 10.2 Å². The fraction of sp³-hybridized carbons (Fsp3) is 0.500. The number of amides is 3. The van der Waals surface area contributed by atoms with Gasteiger partial charge in [-0.2, -0.15) is 5.26 Å². The highest BCUT2D eigenvalue weighted by Crippen LogP contribution is 2.37. The minimum absolute atomic E-state index is 0.0213. The van der Waals surface area contributed by atoms with Crippen LogP contribution in [0.15, 0.2) is 24.3 Å². The Labute approximate surface area is 199 Å². The fourth-order valence-corrected chi connectivity index (χ4v) is 4.99. The minimum atomic E-state index is -0.863. The second-order valence-corrected chi connectivity index (χ2v) is 9.37. The molecule has 1 aliphatic rings. The maximum Gasteiger partial charge on any atom is 0.238 e. The monoisotopic (exact) mass is 469 g/mol. The third kappa shape index (κ3) is 7.44. The van der Waals surface area contributed by atoms with Gasteiger partial charge in [0.05, 0.1) is 23.2 Å². The van der Waals surface area contributed by atoms with Gasteiger partial charge in [0.15, 0.2) is 0 Å². The van der Waals surface area contributed by atoms with Crippen LogP contribution < -0.4 is 16.0 Å². The maximum absolute atomic E-state index is 12.9. The van der Waals surface area contributed by atoms with Crippen molar-refractivity contribution < 1.29 is 14.4 Å². The number of terminal acetylenes is 1. The molecule has 0 saturated carbocycles. The van der Waals surface area contributed by atoms with E-state index in [2.05, 4.69) is 21.9 Å². The van der Waals surface area contributed by atoms with Crippen molar-refractivity contribution in [3.8, 4) is 18.4 Å². The van der Waals surface area contributed by atoms with E-state index >= 15 is 0 Å². The Balaban J connectivity index is 1.92. The Bertz CT molecular complexity index is 937. The summed E-state index contributed by atoms with van der Waals surface area (Å²) in [4.78, 5) is 38.7. The zero-order valence-corrected chi connectivity index (χ0v) is 20.1. The molecule has 33 heavy (non-hydrogen) atoms. The molecule has 0 aromatic heterocycles. The fourth-order valence-electron chi connectivity index (χ4n) is 3.40. The van der Waals surface area contributed by atoms with E-state index in [-0.39, 0.29) is 41.3 Å². The third-order valence-corrected chi connectivity index (χ3v) is 6.76. The van der Waals surface area contributed by atoms with Gasteiger partial charge in [0.1, 0.15) is 5.92 Å². The van der Waals surface area contributed by atoms with Gasteiger partial charge < -0.3 is 20.9 Å². The molecule has 1 saturated heterocycles. The first-order valence-corrected chi connectivity index (χ1v) is 12.0. The molecule has 0 aliphatic carbocycles. The van der Waals surface area contributed by atoms with E-state index in [4.69, 9.17) is 6.42 Å². The highest BCUT2D eigenvalue weighted by atomic mass is 32.2. The van der Waals surface area contributed by atoms with Gasteiger partial charge in [-0.3, -0.25) is 14.4 Å². The molecule has 3 atom stereocenters. The van der Waals surface area contributed by atoms with E-state index in [9.17, 15) is 19.6 Å².